The zero-order valence-electron chi connectivity index (χ0n) is 16.4. The van der Waals surface area contributed by atoms with Gasteiger partial charge in [-0.1, -0.05) is 11.6 Å². The number of aromatic nitrogens is 3. The van der Waals surface area contributed by atoms with E-state index in [-0.39, 0.29) is 0 Å². The van der Waals surface area contributed by atoms with Crippen LogP contribution >= 0.6 is 11.6 Å². The molecule has 3 heterocycles. The van der Waals surface area contributed by atoms with Crippen LogP contribution in [0.1, 0.15) is 5.69 Å². The van der Waals surface area contributed by atoms with E-state index in [1.807, 2.05) is 24.3 Å². The highest BCUT2D eigenvalue weighted by molar-refractivity contribution is 6.30. The molecule has 29 heavy (non-hydrogen) atoms. The maximum Gasteiger partial charge on any atom is 0.227 e. The lowest BCUT2D eigenvalue weighted by atomic mass is 10.2. The molecule has 9 heteroatoms. The number of hydrogen-bond donors (Lipinski definition) is 1. The van der Waals surface area contributed by atoms with Gasteiger partial charge >= 0.3 is 0 Å². The molecular weight excluding hydrogens is 392 g/mol. The van der Waals surface area contributed by atoms with Crippen LogP contribution in [0.5, 0.6) is 11.5 Å². The van der Waals surface area contributed by atoms with Crippen LogP contribution in [0.3, 0.4) is 0 Å². The van der Waals surface area contributed by atoms with Crippen molar-refractivity contribution < 1.29 is 9.47 Å². The van der Waals surface area contributed by atoms with Crippen molar-refractivity contribution in [2.75, 3.05) is 51.0 Å². The van der Waals surface area contributed by atoms with E-state index in [9.17, 15) is 0 Å². The summed E-state index contributed by atoms with van der Waals surface area (Å²) < 4.78 is 10.7. The minimum Gasteiger partial charge on any atom is -0.493 e. The van der Waals surface area contributed by atoms with Crippen molar-refractivity contribution in [3.63, 3.8) is 0 Å². The molecule has 1 aromatic carbocycles. The lowest BCUT2D eigenvalue weighted by Crippen LogP contribution is -2.46. The summed E-state index contributed by atoms with van der Waals surface area (Å²) in [5, 5.41) is 1.40. The highest BCUT2D eigenvalue weighted by Crippen LogP contribution is 2.34. The molecule has 3 aromatic rings. The molecule has 0 amide bonds. The van der Waals surface area contributed by atoms with Crippen LogP contribution in [0.25, 0.3) is 10.9 Å². The smallest absolute Gasteiger partial charge is 0.227 e. The number of methoxy groups -OCH3 is 2. The predicted octanol–water partition coefficient (Wildman–Crippen LogP) is 2.60. The number of nitrogen functional groups attached to an aromatic ring is 1. The quantitative estimate of drug-likeness (QED) is 0.681. The molecule has 152 valence electrons. The fraction of sp³-hybridized carbons (Fsp3) is 0.350. The molecule has 1 aliphatic heterocycles. The number of anilines is 2. The number of hydrogen-bond acceptors (Lipinski definition) is 8. The summed E-state index contributed by atoms with van der Waals surface area (Å²) in [7, 11) is 3.19. The molecule has 2 N–H and O–H groups in total. The molecule has 0 unspecified atom stereocenters. The Morgan fingerprint density at radius 2 is 1.76 bits per heavy atom. The van der Waals surface area contributed by atoms with E-state index in [2.05, 4.69) is 19.8 Å². The minimum absolute atomic E-state index is 0.429. The molecule has 0 spiro atoms. The maximum atomic E-state index is 6.22. The van der Waals surface area contributed by atoms with Crippen molar-refractivity contribution in [3.8, 4) is 11.5 Å². The van der Waals surface area contributed by atoms with E-state index in [4.69, 9.17) is 31.8 Å². The first kappa shape index (κ1) is 19.5. The second-order valence-corrected chi connectivity index (χ2v) is 7.30. The zero-order chi connectivity index (χ0) is 20.4. The highest BCUT2D eigenvalue weighted by atomic mass is 35.5. The molecule has 1 saturated heterocycles. The molecule has 8 nitrogen and oxygen atoms in total. The number of nitrogens with two attached hydrogens (primary N) is 1. The first-order valence-electron chi connectivity index (χ1n) is 9.34. The van der Waals surface area contributed by atoms with E-state index in [1.54, 1.807) is 20.4 Å². The van der Waals surface area contributed by atoms with Crippen LogP contribution in [0.15, 0.2) is 30.5 Å². The summed E-state index contributed by atoms with van der Waals surface area (Å²) in [6.45, 7) is 4.19. The Morgan fingerprint density at radius 1 is 1.03 bits per heavy atom. The second-order valence-electron chi connectivity index (χ2n) is 6.86. The van der Waals surface area contributed by atoms with Crippen molar-refractivity contribution in [1.29, 1.82) is 0 Å². The van der Waals surface area contributed by atoms with Gasteiger partial charge in [-0.15, -0.1) is 0 Å². The number of pyridine rings is 1. The first-order valence-corrected chi connectivity index (χ1v) is 9.72. The Labute approximate surface area is 174 Å². The Kier molecular flexibility index (Phi) is 5.55. The summed E-state index contributed by atoms with van der Waals surface area (Å²) in [6, 6.07) is 7.47. The van der Waals surface area contributed by atoms with Crippen LogP contribution in [-0.2, 0) is 6.54 Å². The Morgan fingerprint density at radius 3 is 2.41 bits per heavy atom. The van der Waals surface area contributed by atoms with Gasteiger partial charge in [-0.3, -0.25) is 9.88 Å². The predicted molar refractivity (Wildman–Crippen MR) is 114 cm³/mol. The lowest BCUT2D eigenvalue weighted by molar-refractivity contribution is 0.246. The average molecular weight is 415 g/mol. The largest absolute Gasteiger partial charge is 0.493 e. The van der Waals surface area contributed by atoms with Crippen LogP contribution in [0.4, 0.5) is 11.8 Å². The van der Waals surface area contributed by atoms with Gasteiger partial charge in [0.15, 0.2) is 11.5 Å². The number of ether oxygens (including phenoxy) is 2. The summed E-state index contributed by atoms with van der Waals surface area (Å²) in [6.07, 6.45) is 1.68. The van der Waals surface area contributed by atoms with E-state index in [0.717, 1.165) is 49.3 Å². The standard InChI is InChI=1S/C20H23ClN6O2/c1-28-17-9-15-16(10-18(17)29-2)24-20(25-19(15)22)27-7-5-26(6-8-27)12-14-4-3-13(21)11-23-14/h3-4,9-11H,5-8,12H2,1-2H3,(H2,22,24,25). The molecule has 0 bridgehead atoms. The number of benzene rings is 1. The van der Waals surface area contributed by atoms with Crippen molar-refractivity contribution in [2.24, 2.45) is 0 Å². The number of fused-ring (bicyclic) bond motifs is 1. The minimum atomic E-state index is 0.429. The van der Waals surface area contributed by atoms with Gasteiger partial charge in [0.2, 0.25) is 5.95 Å². The average Bonchev–Trinajstić information content (AvgIpc) is 2.75. The van der Waals surface area contributed by atoms with Crippen molar-refractivity contribution in [2.45, 2.75) is 6.54 Å². The summed E-state index contributed by atoms with van der Waals surface area (Å²) in [5.74, 6) is 2.28. The molecule has 1 aliphatic rings. The van der Waals surface area contributed by atoms with E-state index in [1.165, 1.54) is 0 Å². The Hall–Kier alpha value is -2.84. The molecule has 0 aliphatic carbocycles. The molecular formula is C20H23ClN6O2. The van der Waals surface area contributed by atoms with Crippen LogP contribution in [0, 0.1) is 0 Å². The number of halogens is 1. The van der Waals surface area contributed by atoms with Gasteiger partial charge in [-0.05, 0) is 18.2 Å². The van der Waals surface area contributed by atoms with Crippen molar-refractivity contribution in [1.82, 2.24) is 19.9 Å². The Balaban J connectivity index is 1.49. The van der Waals surface area contributed by atoms with Gasteiger partial charge in [0.25, 0.3) is 0 Å². The van der Waals surface area contributed by atoms with E-state index >= 15 is 0 Å². The summed E-state index contributed by atoms with van der Waals surface area (Å²) in [5.41, 5.74) is 7.96. The number of piperazine rings is 1. The van der Waals surface area contributed by atoms with E-state index in [0.29, 0.717) is 28.3 Å². The molecule has 0 saturated carbocycles. The normalized spacial score (nSPS) is 14.9. The molecule has 0 atom stereocenters. The summed E-state index contributed by atoms with van der Waals surface area (Å²) >= 11 is 5.91. The Bertz CT molecular complexity index is 1010. The van der Waals surface area contributed by atoms with Gasteiger partial charge < -0.3 is 20.1 Å². The van der Waals surface area contributed by atoms with Crippen LogP contribution in [-0.4, -0.2) is 60.3 Å². The fourth-order valence-electron chi connectivity index (χ4n) is 3.44. The van der Waals surface area contributed by atoms with Gasteiger partial charge in [0.1, 0.15) is 5.82 Å². The summed E-state index contributed by atoms with van der Waals surface area (Å²) in [4.78, 5) is 18.1. The lowest BCUT2D eigenvalue weighted by Gasteiger charge is -2.34. The van der Waals surface area contributed by atoms with Crippen molar-refractivity contribution in [3.05, 3.63) is 41.2 Å². The highest BCUT2D eigenvalue weighted by Gasteiger charge is 2.21. The van der Waals surface area contributed by atoms with Gasteiger partial charge in [0.05, 0.1) is 30.5 Å². The van der Waals surface area contributed by atoms with E-state index < -0.39 is 0 Å². The molecule has 2 aromatic heterocycles. The first-order chi connectivity index (χ1) is 14.1. The number of rotatable bonds is 5. The van der Waals surface area contributed by atoms with Crippen LogP contribution in [0.2, 0.25) is 5.02 Å². The second kappa shape index (κ2) is 8.26. The number of nitrogens with zero attached hydrogens (tertiary/aromatic N) is 5. The third-order valence-corrected chi connectivity index (χ3v) is 5.27. The maximum absolute atomic E-state index is 6.22. The monoisotopic (exact) mass is 414 g/mol. The topological polar surface area (TPSA) is 89.6 Å². The SMILES string of the molecule is COc1cc2nc(N3CCN(Cc4ccc(Cl)cn4)CC3)nc(N)c2cc1OC. The fourth-order valence-corrected chi connectivity index (χ4v) is 3.55. The molecule has 4 rings (SSSR count). The van der Waals surface area contributed by atoms with Gasteiger partial charge in [-0.25, -0.2) is 4.98 Å². The zero-order valence-corrected chi connectivity index (χ0v) is 17.2. The van der Waals surface area contributed by atoms with Gasteiger partial charge in [-0.2, -0.15) is 4.98 Å². The van der Waals surface area contributed by atoms with Crippen molar-refractivity contribution >= 4 is 34.3 Å². The van der Waals surface area contributed by atoms with Gasteiger partial charge in [0, 0.05) is 50.4 Å². The molecule has 0 radical (unpaired) electrons. The van der Waals surface area contributed by atoms with Crippen LogP contribution < -0.4 is 20.1 Å². The molecule has 1 fully saturated rings. The third-order valence-electron chi connectivity index (χ3n) is 5.05. The third kappa shape index (κ3) is 4.13.